The number of thioether (sulfide) groups is 1. The lowest BCUT2D eigenvalue weighted by Gasteiger charge is -2.21. The summed E-state index contributed by atoms with van der Waals surface area (Å²) in [6, 6.07) is 9.69. The quantitative estimate of drug-likeness (QED) is 0.612. The monoisotopic (exact) mass is 369 g/mol. The van der Waals surface area contributed by atoms with E-state index in [0.29, 0.717) is 23.4 Å². The van der Waals surface area contributed by atoms with E-state index in [-0.39, 0.29) is 5.56 Å². The van der Waals surface area contributed by atoms with Crippen molar-refractivity contribution in [2.24, 2.45) is 5.92 Å². The van der Waals surface area contributed by atoms with Crippen LogP contribution in [-0.4, -0.2) is 22.8 Å². The average Bonchev–Trinajstić information content (AvgIpc) is 2.68. The highest BCUT2D eigenvalue weighted by Crippen LogP contribution is 2.27. The summed E-state index contributed by atoms with van der Waals surface area (Å²) in [5, 5.41) is 9.92. The van der Waals surface area contributed by atoms with E-state index >= 15 is 0 Å². The molecular weight excluding hydrogens is 346 g/mol. The molecule has 0 bridgehead atoms. The van der Waals surface area contributed by atoms with Crippen LogP contribution >= 0.6 is 11.8 Å². The molecule has 6 heteroatoms. The number of aromatic amines is 1. The maximum atomic E-state index is 12.2. The molecule has 1 aliphatic carbocycles. The van der Waals surface area contributed by atoms with E-state index in [0.717, 1.165) is 17.7 Å². The number of hydrogen-bond acceptors (Lipinski definition) is 5. The summed E-state index contributed by atoms with van der Waals surface area (Å²) in [4.78, 5) is 19.3. The van der Waals surface area contributed by atoms with E-state index in [1.54, 1.807) is 0 Å². The highest BCUT2D eigenvalue weighted by molar-refractivity contribution is 7.98. The second-order valence-corrected chi connectivity index (χ2v) is 7.38. The van der Waals surface area contributed by atoms with E-state index in [1.165, 1.54) is 43.9 Å². The van der Waals surface area contributed by atoms with Crippen molar-refractivity contribution in [1.82, 2.24) is 9.97 Å². The number of rotatable bonds is 6. The lowest BCUT2D eigenvalue weighted by atomic mass is 9.90. The third kappa shape index (κ3) is 4.35. The predicted molar refractivity (Wildman–Crippen MR) is 103 cm³/mol. The van der Waals surface area contributed by atoms with Crippen LogP contribution in [0.1, 0.15) is 43.2 Å². The molecule has 5 nitrogen and oxygen atoms in total. The van der Waals surface area contributed by atoms with E-state index in [1.807, 2.05) is 36.6 Å². The first kappa shape index (κ1) is 18.7. The minimum absolute atomic E-state index is 0.0440. The molecule has 0 radical (unpaired) electrons. The Kier molecular flexibility index (Phi) is 6.48. The van der Waals surface area contributed by atoms with Crippen molar-refractivity contribution in [2.75, 3.05) is 12.9 Å². The minimum Gasteiger partial charge on any atom is -0.376 e. The number of nitrogens with zero attached hydrogens (tertiary/aromatic N) is 2. The van der Waals surface area contributed by atoms with E-state index in [2.05, 4.69) is 9.97 Å². The zero-order valence-corrected chi connectivity index (χ0v) is 15.8. The Labute approximate surface area is 157 Å². The van der Waals surface area contributed by atoms with Crippen molar-refractivity contribution in [3.05, 3.63) is 45.7 Å². The van der Waals surface area contributed by atoms with Gasteiger partial charge in [-0.2, -0.15) is 5.26 Å². The van der Waals surface area contributed by atoms with Gasteiger partial charge in [-0.25, -0.2) is 4.98 Å². The summed E-state index contributed by atoms with van der Waals surface area (Å²) in [7, 11) is 0. The van der Waals surface area contributed by atoms with Crippen LogP contribution in [0, 0.1) is 17.2 Å². The summed E-state index contributed by atoms with van der Waals surface area (Å²) in [5.41, 5.74) is 1.80. The summed E-state index contributed by atoms with van der Waals surface area (Å²) < 4.78 is 5.98. The maximum Gasteiger partial charge on any atom is 0.270 e. The summed E-state index contributed by atoms with van der Waals surface area (Å²) in [6.07, 6.45) is 8.25. The Morgan fingerprint density at radius 3 is 2.81 bits per heavy atom. The fraction of sp³-hybridized carbons (Fsp3) is 0.450. The van der Waals surface area contributed by atoms with Crippen LogP contribution in [0.2, 0.25) is 0 Å². The van der Waals surface area contributed by atoms with E-state index < -0.39 is 5.56 Å². The van der Waals surface area contributed by atoms with Gasteiger partial charge >= 0.3 is 0 Å². The molecule has 0 aliphatic heterocycles. The van der Waals surface area contributed by atoms with Crippen molar-refractivity contribution in [3.63, 3.8) is 0 Å². The zero-order chi connectivity index (χ0) is 18.4. The maximum absolute atomic E-state index is 12.2. The van der Waals surface area contributed by atoms with Gasteiger partial charge in [-0.15, -0.1) is 0 Å². The number of nitriles is 1. The zero-order valence-electron chi connectivity index (χ0n) is 15.0. The van der Waals surface area contributed by atoms with Crippen molar-refractivity contribution < 1.29 is 4.74 Å². The minimum atomic E-state index is -0.403. The third-order valence-electron chi connectivity index (χ3n) is 4.81. The summed E-state index contributed by atoms with van der Waals surface area (Å²) in [6.45, 7) is 1.22. The molecule has 1 aliphatic rings. The van der Waals surface area contributed by atoms with Crippen molar-refractivity contribution in [2.45, 2.75) is 43.9 Å². The molecule has 1 aromatic heterocycles. The Hall–Kier alpha value is -2.10. The lowest BCUT2D eigenvalue weighted by molar-refractivity contribution is 0.0741. The largest absolute Gasteiger partial charge is 0.376 e. The van der Waals surface area contributed by atoms with Gasteiger partial charge < -0.3 is 9.72 Å². The van der Waals surface area contributed by atoms with Crippen molar-refractivity contribution in [1.29, 1.82) is 5.26 Å². The van der Waals surface area contributed by atoms with Crippen LogP contribution in [-0.2, 0) is 11.3 Å². The van der Waals surface area contributed by atoms with Gasteiger partial charge in [0.2, 0.25) is 0 Å². The fourth-order valence-electron chi connectivity index (χ4n) is 3.41. The number of hydrogen-bond donors (Lipinski definition) is 1. The Bertz CT molecular complexity index is 851. The Morgan fingerprint density at radius 2 is 2.08 bits per heavy atom. The average molecular weight is 369 g/mol. The second kappa shape index (κ2) is 9.02. The molecular formula is C20H23N3O2S. The smallest absolute Gasteiger partial charge is 0.270 e. The molecule has 0 spiro atoms. The Balaban J connectivity index is 1.84. The van der Waals surface area contributed by atoms with Gasteiger partial charge in [0, 0.05) is 12.2 Å². The van der Waals surface area contributed by atoms with E-state index in [4.69, 9.17) is 4.74 Å². The standard InChI is InChI=1S/C20H23N3O2S/c1-26-20-22-18(17(11-21)19(24)23-20)16-10-6-5-9-15(16)13-25-12-14-7-3-2-4-8-14/h5-6,9-10,14H,2-4,7-8,12-13H2,1H3,(H,22,23,24). The van der Waals surface area contributed by atoms with Crippen molar-refractivity contribution >= 4 is 11.8 Å². The molecule has 1 N–H and O–H groups in total. The first-order valence-corrected chi connectivity index (χ1v) is 10.2. The van der Waals surface area contributed by atoms with Crippen molar-refractivity contribution in [3.8, 4) is 17.3 Å². The second-order valence-electron chi connectivity index (χ2n) is 6.59. The van der Waals surface area contributed by atoms with Crippen LogP contribution in [0.3, 0.4) is 0 Å². The van der Waals surface area contributed by atoms with Gasteiger partial charge in [-0.05, 0) is 30.6 Å². The molecule has 0 amide bonds. The molecule has 0 saturated heterocycles. The molecule has 1 heterocycles. The molecule has 3 rings (SSSR count). The third-order valence-corrected chi connectivity index (χ3v) is 5.39. The first-order valence-electron chi connectivity index (χ1n) is 8.97. The van der Waals surface area contributed by atoms with Gasteiger partial charge in [-0.3, -0.25) is 4.79 Å². The molecule has 0 unspecified atom stereocenters. The summed E-state index contributed by atoms with van der Waals surface area (Å²) in [5.74, 6) is 0.645. The van der Waals surface area contributed by atoms with Gasteiger partial charge in [0.1, 0.15) is 11.6 Å². The van der Waals surface area contributed by atoms with E-state index in [9.17, 15) is 10.1 Å². The number of benzene rings is 1. The van der Waals surface area contributed by atoms with Gasteiger partial charge in [0.05, 0.1) is 12.3 Å². The van der Waals surface area contributed by atoms with Crippen LogP contribution in [0.25, 0.3) is 11.3 Å². The van der Waals surface area contributed by atoms with Gasteiger partial charge in [-0.1, -0.05) is 55.3 Å². The topological polar surface area (TPSA) is 78.8 Å². The molecule has 1 aromatic carbocycles. The highest BCUT2D eigenvalue weighted by Gasteiger charge is 2.17. The molecule has 26 heavy (non-hydrogen) atoms. The number of H-pyrrole nitrogens is 1. The lowest BCUT2D eigenvalue weighted by Crippen LogP contribution is -2.16. The molecule has 136 valence electrons. The normalized spacial score (nSPS) is 14.9. The van der Waals surface area contributed by atoms with Gasteiger partial charge in [0.25, 0.3) is 5.56 Å². The number of ether oxygens (including phenoxy) is 1. The van der Waals surface area contributed by atoms with Crippen LogP contribution in [0.5, 0.6) is 0 Å². The number of nitrogens with one attached hydrogen (secondary N) is 1. The first-order chi connectivity index (χ1) is 12.7. The van der Waals surface area contributed by atoms with Gasteiger partial charge in [0.15, 0.2) is 5.16 Å². The highest BCUT2D eigenvalue weighted by atomic mass is 32.2. The van der Waals surface area contributed by atoms with Crippen LogP contribution in [0.15, 0.2) is 34.2 Å². The SMILES string of the molecule is CSc1nc(-c2ccccc2COCC2CCCCC2)c(C#N)c(=O)[nH]1. The van der Waals surface area contributed by atoms with Crippen LogP contribution in [0.4, 0.5) is 0 Å². The molecule has 1 saturated carbocycles. The summed E-state index contributed by atoms with van der Waals surface area (Å²) >= 11 is 1.35. The number of aromatic nitrogens is 2. The molecule has 2 aromatic rings. The molecule has 0 atom stereocenters. The Morgan fingerprint density at radius 1 is 1.31 bits per heavy atom. The molecule has 1 fully saturated rings. The van der Waals surface area contributed by atoms with Crippen LogP contribution < -0.4 is 5.56 Å². The predicted octanol–water partition coefficient (Wildman–Crippen LogP) is 4.13. The fourth-order valence-corrected chi connectivity index (χ4v) is 3.79.